The van der Waals surface area contributed by atoms with Crippen molar-refractivity contribution in [1.29, 1.82) is 0 Å². The smallest absolute Gasteiger partial charge is 0.140 e. The third kappa shape index (κ3) is 2.05. The van der Waals surface area contributed by atoms with Gasteiger partial charge in [-0.25, -0.2) is 4.98 Å². The van der Waals surface area contributed by atoms with Gasteiger partial charge in [0, 0.05) is 12.4 Å². The van der Waals surface area contributed by atoms with Crippen LogP contribution in [0, 0.1) is 5.92 Å². The molecule has 2 nitrogen and oxygen atoms in total. The molecule has 1 aliphatic heterocycles. The van der Waals surface area contributed by atoms with Gasteiger partial charge >= 0.3 is 0 Å². The van der Waals surface area contributed by atoms with Gasteiger partial charge in [0.1, 0.15) is 5.82 Å². The molecule has 0 saturated heterocycles. The highest BCUT2D eigenvalue weighted by Crippen LogP contribution is 2.43. The van der Waals surface area contributed by atoms with Gasteiger partial charge in [-0.3, -0.25) is 4.57 Å². The van der Waals surface area contributed by atoms with Gasteiger partial charge in [0.2, 0.25) is 0 Å². The van der Waals surface area contributed by atoms with Crippen LogP contribution in [0.4, 0.5) is 0 Å². The Balaban J connectivity index is 2.02. The molecule has 4 rings (SSSR count). The number of hydrogen-bond donors (Lipinski definition) is 0. The molecule has 114 valence electrons. The summed E-state index contributed by atoms with van der Waals surface area (Å²) in [6, 6.07) is 6.84. The number of fused-ring (bicyclic) bond motifs is 6. The van der Waals surface area contributed by atoms with E-state index in [9.17, 15) is 0 Å². The summed E-state index contributed by atoms with van der Waals surface area (Å²) in [5, 5.41) is 0. The van der Waals surface area contributed by atoms with Crippen molar-refractivity contribution >= 4 is 5.57 Å². The molecule has 2 aromatic rings. The lowest BCUT2D eigenvalue weighted by Gasteiger charge is -2.23. The zero-order valence-electron chi connectivity index (χ0n) is 13.7. The van der Waals surface area contributed by atoms with Crippen molar-refractivity contribution < 1.29 is 0 Å². The van der Waals surface area contributed by atoms with Crippen LogP contribution < -0.4 is 0 Å². The highest BCUT2D eigenvalue weighted by atomic mass is 15.1. The number of rotatable bonds is 1. The Bertz CT molecular complexity index is 736. The van der Waals surface area contributed by atoms with Gasteiger partial charge in [0.25, 0.3) is 0 Å². The summed E-state index contributed by atoms with van der Waals surface area (Å²) in [7, 11) is 0. The number of nitrogens with zero attached hydrogens (tertiary/aromatic N) is 2. The largest absolute Gasteiger partial charge is 0.300 e. The molecule has 1 aromatic heterocycles. The summed E-state index contributed by atoms with van der Waals surface area (Å²) in [5.74, 6) is 3.05. The molecule has 0 saturated carbocycles. The summed E-state index contributed by atoms with van der Waals surface area (Å²) in [6.07, 6.45) is 10.2. The highest BCUT2D eigenvalue weighted by molar-refractivity contribution is 5.66. The van der Waals surface area contributed by atoms with Crippen LogP contribution in [-0.2, 0) is 0 Å². The van der Waals surface area contributed by atoms with E-state index in [4.69, 9.17) is 4.98 Å². The minimum atomic E-state index is 0.518. The molecule has 2 aliphatic rings. The normalized spacial score (nSPS) is 23.4. The minimum Gasteiger partial charge on any atom is -0.300 e. The van der Waals surface area contributed by atoms with E-state index < -0.39 is 0 Å². The number of allylic oxidation sites excluding steroid dienone is 2. The first kappa shape index (κ1) is 13.8. The average Bonchev–Trinajstić information content (AvgIpc) is 3.14. The Hall–Kier alpha value is -1.83. The number of imidazole rings is 1. The molecule has 0 spiro atoms. The van der Waals surface area contributed by atoms with Gasteiger partial charge in [-0.2, -0.15) is 0 Å². The molecule has 22 heavy (non-hydrogen) atoms. The van der Waals surface area contributed by atoms with Crippen LogP contribution >= 0.6 is 0 Å². The van der Waals surface area contributed by atoms with Crippen LogP contribution in [0.1, 0.15) is 68.8 Å². The molecule has 2 atom stereocenters. The third-order valence-electron chi connectivity index (χ3n) is 5.31. The Labute approximate surface area is 132 Å². The fourth-order valence-corrected chi connectivity index (χ4v) is 4.22. The standard InChI is InChI=1S/C20H24N2/c1-13(2)17-5-4-6-18-14(3)11-15-7-8-16(12-15)20-21-9-10-22(20)19(17)18/h4-6,8-10,13-15H,7,11-12H2,1-3H3/t14?,15-/m1/s1. The van der Waals surface area contributed by atoms with Crippen LogP contribution in [0.25, 0.3) is 11.3 Å². The van der Waals surface area contributed by atoms with E-state index in [1.807, 2.05) is 6.20 Å². The Kier molecular flexibility index (Phi) is 3.21. The Morgan fingerprint density at radius 3 is 2.95 bits per heavy atom. The Morgan fingerprint density at radius 2 is 2.14 bits per heavy atom. The fraction of sp³-hybridized carbons (Fsp3) is 0.450. The van der Waals surface area contributed by atoms with Gasteiger partial charge < -0.3 is 0 Å². The molecule has 2 heteroatoms. The van der Waals surface area contributed by atoms with Gasteiger partial charge in [0.15, 0.2) is 0 Å². The molecule has 0 radical (unpaired) electrons. The number of hydrogen-bond acceptors (Lipinski definition) is 1. The van der Waals surface area contributed by atoms with E-state index >= 15 is 0 Å². The van der Waals surface area contributed by atoms with Crippen molar-refractivity contribution in [2.24, 2.45) is 5.92 Å². The highest BCUT2D eigenvalue weighted by Gasteiger charge is 2.28. The van der Waals surface area contributed by atoms with Crippen molar-refractivity contribution in [2.75, 3.05) is 0 Å². The molecule has 0 fully saturated rings. The zero-order chi connectivity index (χ0) is 15.3. The summed E-state index contributed by atoms with van der Waals surface area (Å²) in [4.78, 5) is 4.70. The van der Waals surface area contributed by atoms with Gasteiger partial charge in [-0.05, 0) is 53.7 Å². The lowest BCUT2D eigenvalue weighted by Crippen LogP contribution is -2.09. The zero-order valence-corrected chi connectivity index (χ0v) is 13.7. The number of para-hydroxylation sites is 1. The Morgan fingerprint density at radius 1 is 1.27 bits per heavy atom. The van der Waals surface area contributed by atoms with Crippen molar-refractivity contribution in [3.05, 3.63) is 53.6 Å². The monoisotopic (exact) mass is 292 g/mol. The van der Waals surface area contributed by atoms with Gasteiger partial charge in [-0.15, -0.1) is 0 Å². The summed E-state index contributed by atoms with van der Waals surface area (Å²) in [5.41, 5.74) is 5.74. The van der Waals surface area contributed by atoms with Gasteiger partial charge in [-0.1, -0.05) is 45.0 Å². The fourth-order valence-electron chi connectivity index (χ4n) is 4.22. The maximum absolute atomic E-state index is 4.70. The molecular weight excluding hydrogens is 268 g/mol. The molecule has 1 aromatic carbocycles. The third-order valence-corrected chi connectivity index (χ3v) is 5.31. The van der Waals surface area contributed by atoms with Crippen LogP contribution in [0.3, 0.4) is 0 Å². The van der Waals surface area contributed by atoms with Crippen LogP contribution in [0.5, 0.6) is 0 Å². The quantitative estimate of drug-likeness (QED) is 0.697. The molecule has 2 bridgehead atoms. The topological polar surface area (TPSA) is 17.8 Å². The number of aromatic nitrogens is 2. The second-order valence-corrected chi connectivity index (χ2v) is 7.23. The second kappa shape index (κ2) is 5.12. The van der Waals surface area contributed by atoms with E-state index in [0.717, 1.165) is 11.7 Å². The molecule has 0 amide bonds. The van der Waals surface area contributed by atoms with E-state index in [0.29, 0.717) is 11.8 Å². The molecule has 0 N–H and O–H groups in total. The van der Waals surface area contributed by atoms with E-state index in [-0.39, 0.29) is 0 Å². The first-order valence-corrected chi connectivity index (χ1v) is 8.51. The molecule has 1 aliphatic carbocycles. The predicted octanol–water partition coefficient (Wildman–Crippen LogP) is 5.30. The van der Waals surface area contributed by atoms with Crippen molar-refractivity contribution in [2.45, 2.75) is 51.9 Å². The lowest BCUT2D eigenvalue weighted by atomic mass is 9.86. The van der Waals surface area contributed by atoms with Crippen molar-refractivity contribution in [3.8, 4) is 5.69 Å². The molecule has 1 unspecified atom stereocenters. The minimum absolute atomic E-state index is 0.518. The van der Waals surface area contributed by atoms with Crippen LogP contribution in [-0.4, -0.2) is 9.55 Å². The van der Waals surface area contributed by atoms with Gasteiger partial charge in [0.05, 0.1) is 5.69 Å². The first-order valence-electron chi connectivity index (χ1n) is 8.51. The number of benzene rings is 1. The molecule has 2 heterocycles. The summed E-state index contributed by atoms with van der Waals surface area (Å²) >= 11 is 0. The SMILES string of the molecule is CC(C)c1cccc2c1-n1ccnc1C1=CC[C@@H](C1)CC2C. The average molecular weight is 292 g/mol. The maximum Gasteiger partial charge on any atom is 0.140 e. The summed E-state index contributed by atoms with van der Waals surface area (Å²) in [6.45, 7) is 6.97. The lowest BCUT2D eigenvalue weighted by molar-refractivity contribution is 0.477. The second-order valence-electron chi connectivity index (χ2n) is 7.23. The van der Waals surface area contributed by atoms with E-state index in [1.165, 1.54) is 41.6 Å². The van der Waals surface area contributed by atoms with E-state index in [1.54, 1.807) is 0 Å². The van der Waals surface area contributed by atoms with E-state index in [2.05, 4.69) is 55.8 Å². The van der Waals surface area contributed by atoms with Crippen LogP contribution in [0.15, 0.2) is 36.7 Å². The maximum atomic E-state index is 4.70. The van der Waals surface area contributed by atoms with Crippen LogP contribution in [0.2, 0.25) is 0 Å². The van der Waals surface area contributed by atoms with Crippen molar-refractivity contribution in [3.63, 3.8) is 0 Å². The first-order chi connectivity index (χ1) is 10.6. The predicted molar refractivity (Wildman–Crippen MR) is 91.4 cm³/mol. The van der Waals surface area contributed by atoms with Crippen molar-refractivity contribution in [1.82, 2.24) is 9.55 Å². The summed E-state index contributed by atoms with van der Waals surface area (Å²) < 4.78 is 2.35. The molecular formula is C20H24N2.